The number of aromatic nitrogens is 1. The number of alkyl halides is 2. The van der Waals surface area contributed by atoms with Crippen LogP contribution in [0.25, 0.3) is 11.5 Å². The number of morpholine rings is 1. The van der Waals surface area contributed by atoms with Crippen molar-refractivity contribution in [1.29, 1.82) is 0 Å². The van der Waals surface area contributed by atoms with Crippen LogP contribution >= 0.6 is 12.4 Å². The van der Waals surface area contributed by atoms with E-state index in [1.54, 1.807) is 6.92 Å². The largest absolute Gasteiger partial charge is 0.489 e. The van der Waals surface area contributed by atoms with Gasteiger partial charge in [-0.25, -0.2) is 13.8 Å². The highest BCUT2D eigenvalue weighted by Crippen LogP contribution is 2.37. The Morgan fingerprint density at radius 2 is 1.84 bits per heavy atom. The number of nitrogens with two attached hydrogens (primary N) is 1. The van der Waals surface area contributed by atoms with Crippen molar-refractivity contribution in [3.05, 3.63) is 65.1 Å². The van der Waals surface area contributed by atoms with E-state index < -0.39 is 42.1 Å². The smallest absolute Gasteiger partial charge is 0.387 e. The molecule has 1 saturated carbocycles. The third-order valence-corrected chi connectivity index (χ3v) is 6.98. The number of nitrogens with zero attached hydrogens (tertiary/aromatic N) is 2. The fourth-order valence-electron chi connectivity index (χ4n) is 4.54. The van der Waals surface area contributed by atoms with E-state index in [-0.39, 0.29) is 78.7 Å². The molecular weight excluding hydrogens is 612 g/mol. The average molecular weight is 643 g/mol. The quantitative estimate of drug-likeness (QED) is 0.286. The number of rotatable bonds is 11. The zero-order chi connectivity index (χ0) is 30.7. The van der Waals surface area contributed by atoms with Crippen LogP contribution in [0.15, 0.2) is 40.8 Å². The molecular formula is C29H31ClF4N4O6. The van der Waals surface area contributed by atoms with E-state index in [1.165, 1.54) is 23.1 Å². The van der Waals surface area contributed by atoms with Crippen LogP contribution in [0.3, 0.4) is 0 Å². The summed E-state index contributed by atoms with van der Waals surface area (Å²) in [5, 5.41) is 2.51. The van der Waals surface area contributed by atoms with E-state index in [1.807, 2.05) is 0 Å². The van der Waals surface area contributed by atoms with Gasteiger partial charge in [0.25, 0.3) is 5.91 Å². The molecule has 2 aliphatic rings. The van der Waals surface area contributed by atoms with Crippen LogP contribution < -0.4 is 20.5 Å². The van der Waals surface area contributed by atoms with Gasteiger partial charge >= 0.3 is 6.61 Å². The molecule has 3 N–H and O–H groups in total. The number of benzene rings is 2. The van der Waals surface area contributed by atoms with Gasteiger partial charge in [0.2, 0.25) is 11.8 Å². The lowest BCUT2D eigenvalue weighted by molar-refractivity contribution is -0.137. The third-order valence-electron chi connectivity index (χ3n) is 6.98. The highest BCUT2D eigenvalue weighted by Gasteiger charge is 2.33. The Hall–Kier alpha value is -3.88. The SMILES string of the molecule is C[C@H](N)c1oc(-c2ccc(OC(F)F)c(OCC3CC3)c2)nc1C(=O)NC(C(=O)N1CCOCC1)c1ccc(F)cc1F.Cl. The molecule has 1 aromatic heterocycles. The van der Waals surface area contributed by atoms with Crippen molar-refractivity contribution in [2.75, 3.05) is 32.9 Å². The molecule has 0 bridgehead atoms. The van der Waals surface area contributed by atoms with E-state index >= 15 is 0 Å². The van der Waals surface area contributed by atoms with Crippen molar-refractivity contribution in [2.45, 2.75) is 38.5 Å². The standard InChI is InChI=1S/C29H30F4N4O6.ClH/c1-15(34)25-24(36-27(43-25)17-4-7-21(42-29(32)33)22(12-17)41-14-16-2-3-16)26(38)35-23(19-6-5-18(30)13-20(19)31)28(39)37-8-10-40-11-9-37;/h4-7,12-13,15-16,23,29H,2-3,8-11,14,34H2,1H3,(H,35,38);1H/t15-,23?;/m0./s1. The number of nitrogens with one attached hydrogen (secondary N) is 1. The van der Waals surface area contributed by atoms with Gasteiger partial charge < -0.3 is 34.6 Å². The van der Waals surface area contributed by atoms with E-state index in [0.717, 1.165) is 25.0 Å². The molecule has 2 heterocycles. The van der Waals surface area contributed by atoms with Gasteiger partial charge in [-0.15, -0.1) is 12.4 Å². The van der Waals surface area contributed by atoms with Crippen molar-refractivity contribution in [2.24, 2.45) is 11.7 Å². The first kappa shape index (κ1) is 33.0. The van der Waals surface area contributed by atoms with Crippen LogP contribution in [0.2, 0.25) is 0 Å². The number of carbonyl (C=O) groups excluding carboxylic acids is 2. The predicted octanol–water partition coefficient (Wildman–Crippen LogP) is 4.78. The minimum Gasteiger partial charge on any atom is -0.489 e. The zero-order valence-corrected chi connectivity index (χ0v) is 24.4. The van der Waals surface area contributed by atoms with Gasteiger partial charge in [0, 0.05) is 30.3 Å². The molecule has 2 aromatic carbocycles. The summed E-state index contributed by atoms with van der Waals surface area (Å²) >= 11 is 0. The molecule has 5 rings (SSSR count). The minimum absolute atomic E-state index is 0. The van der Waals surface area contributed by atoms with E-state index in [2.05, 4.69) is 15.0 Å². The Morgan fingerprint density at radius 1 is 1.11 bits per heavy atom. The van der Waals surface area contributed by atoms with Crippen molar-refractivity contribution < 1.29 is 45.8 Å². The molecule has 238 valence electrons. The highest BCUT2D eigenvalue weighted by molar-refractivity contribution is 5.97. The zero-order valence-electron chi connectivity index (χ0n) is 23.6. The lowest BCUT2D eigenvalue weighted by atomic mass is 10.0. The van der Waals surface area contributed by atoms with Gasteiger partial charge in [0.15, 0.2) is 23.0 Å². The average Bonchev–Trinajstić information content (AvgIpc) is 3.70. The first-order valence-corrected chi connectivity index (χ1v) is 13.7. The number of ether oxygens (including phenoxy) is 3. The summed E-state index contributed by atoms with van der Waals surface area (Å²) in [6.07, 6.45) is 1.94. The summed E-state index contributed by atoms with van der Waals surface area (Å²) in [6.45, 7) is -0.282. The van der Waals surface area contributed by atoms with E-state index in [9.17, 15) is 27.2 Å². The molecule has 1 saturated heterocycles. The summed E-state index contributed by atoms with van der Waals surface area (Å²) < 4.78 is 75.9. The van der Waals surface area contributed by atoms with Gasteiger partial charge in [0.05, 0.1) is 25.9 Å². The minimum atomic E-state index is -3.07. The molecule has 15 heteroatoms. The second kappa shape index (κ2) is 14.3. The van der Waals surface area contributed by atoms with Crippen LogP contribution in [0.4, 0.5) is 17.6 Å². The molecule has 0 radical (unpaired) electrons. The maximum absolute atomic E-state index is 14.9. The van der Waals surface area contributed by atoms with Crippen molar-refractivity contribution in [3.8, 4) is 23.0 Å². The summed E-state index contributed by atoms with van der Waals surface area (Å²) in [4.78, 5) is 32.7. The Kier molecular flexibility index (Phi) is 10.7. The topological polar surface area (TPSA) is 129 Å². The second-order valence-electron chi connectivity index (χ2n) is 10.3. The van der Waals surface area contributed by atoms with Crippen LogP contribution in [0, 0.1) is 17.6 Å². The molecule has 3 aromatic rings. The number of carbonyl (C=O) groups is 2. The molecule has 0 spiro atoms. The number of halogens is 5. The van der Waals surface area contributed by atoms with Gasteiger partial charge in [-0.3, -0.25) is 9.59 Å². The van der Waals surface area contributed by atoms with E-state index in [0.29, 0.717) is 18.6 Å². The fourth-order valence-corrected chi connectivity index (χ4v) is 4.54. The van der Waals surface area contributed by atoms with Crippen LogP contribution in [0.1, 0.15) is 53.7 Å². The monoisotopic (exact) mass is 642 g/mol. The van der Waals surface area contributed by atoms with Gasteiger partial charge in [-0.05, 0) is 49.9 Å². The number of oxazole rings is 1. The molecule has 44 heavy (non-hydrogen) atoms. The summed E-state index contributed by atoms with van der Waals surface area (Å²) in [7, 11) is 0. The van der Waals surface area contributed by atoms with Gasteiger partial charge in [-0.1, -0.05) is 6.07 Å². The summed E-state index contributed by atoms with van der Waals surface area (Å²) in [5.74, 6) is -3.34. The molecule has 10 nitrogen and oxygen atoms in total. The number of hydrogen-bond donors (Lipinski definition) is 2. The molecule has 2 fully saturated rings. The third kappa shape index (κ3) is 7.79. The first-order chi connectivity index (χ1) is 20.6. The van der Waals surface area contributed by atoms with E-state index in [4.69, 9.17) is 19.6 Å². The number of amides is 2. The van der Waals surface area contributed by atoms with Crippen LogP contribution in [-0.2, 0) is 9.53 Å². The summed E-state index contributed by atoms with van der Waals surface area (Å²) in [5.41, 5.74) is 5.82. The maximum atomic E-state index is 14.9. The Bertz CT molecular complexity index is 1480. The lowest BCUT2D eigenvalue weighted by Crippen LogP contribution is -2.47. The predicted molar refractivity (Wildman–Crippen MR) is 151 cm³/mol. The maximum Gasteiger partial charge on any atom is 0.387 e. The Labute approximate surface area is 256 Å². The first-order valence-electron chi connectivity index (χ1n) is 13.7. The lowest BCUT2D eigenvalue weighted by Gasteiger charge is -2.31. The van der Waals surface area contributed by atoms with Gasteiger partial charge in [0.1, 0.15) is 17.7 Å². The van der Waals surface area contributed by atoms with Gasteiger partial charge in [-0.2, -0.15) is 8.78 Å². The van der Waals surface area contributed by atoms with Crippen LogP contribution in [-0.4, -0.2) is 61.2 Å². The fraction of sp³-hybridized carbons (Fsp3) is 0.414. The molecule has 2 atom stereocenters. The normalized spacial score (nSPS) is 16.2. The van der Waals surface area contributed by atoms with Crippen LogP contribution in [0.5, 0.6) is 11.5 Å². The Morgan fingerprint density at radius 3 is 2.48 bits per heavy atom. The van der Waals surface area contributed by atoms with Crippen molar-refractivity contribution in [3.63, 3.8) is 0 Å². The molecule has 1 aliphatic heterocycles. The van der Waals surface area contributed by atoms with Crippen molar-refractivity contribution in [1.82, 2.24) is 15.2 Å². The molecule has 1 unspecified atom stereocenters. The second-order valence-corrected chi connectivity index (χ2v) is 10.3. The van der Waals surface area contributed by atoms with Crippen molar-refractivity contribution >= 4 is 24.2 Å². The summed E-state index contributed by atoms with van der Waals surface area (Å²) in [6, 6.07) is 4.39. The number of hydrogen-bond acceptors (Lipinski definition) is 8. The molecule has 2 amide bonds. The Balaban J connectivity index is 0.00000442. The highest BCUT2D eigenvalue weighted by atomic mass is 35.5. The molecule has 1 aliphatic carbocycles.